The van der Waals surface area contributed by atoms with Gasteiger partial charge in [-0.3, -0.25) is 14.2 Å². The van der Waals surface area contributed by atoms with Crippen LogP contribution in [0.15, 0.2) is 41.1 Å². The number of nitrogens with zero attached hydrogens (tertiary/aromatic N) is 4. The standard InChI is InChI=1S/C20H18BrClF3N5O/c1-11(30-17(13-5-6-13)16(22)18(28-30)20(23,24)25)19(31)27-15-4-2-3-12(7-15)9-29-10-14(21)8-26-29/h2-4,7-8,10-11,13H,5-6,9H2,1H3,(H,27,31). The lowest BCUT2D eigenvalue weighted by atomic mass is 10.2. The Labute approximate surface area is 189 Å². The molecule has 2 heterocycles. The fourth-order valence-corrected chi connectivity index (χ4v) is 4.06. The number of hydrogen-bond donors (Lipinski definition) is 1. The number of halogens is 5. The first-order valence-electron chi connectivity index (χ1n) is 9.56. The molecule has 1 atom stereocenters. The molecule has 164 valence electrons. The van der Waals surface area contributed by atoms with Gasteiger partial charge in [-0.15, -0.1) is 0 Å². The van der Waals surface area contributed by atoms with E-state index in [4.69, 9.17) is 11.6 Å². The van der Waals surface area contributed by atoms with Crippen molar-refractivity contribution in [2.75, 3.05) is 5.32 Å². The molecule has 11 heteroatoms. The Morgan fingerprint density at radius 2 is 2.13 bits per heavy atom. The normalized spacial score (nSPS) is 15.2. The highest BCUT2D eigenvalue weighted by Gasteiger charge is 2.43. The third kappa shape index (κ3) is 4.79. The van der Waals surface area contributed by atoms with Crippen molar-refractivity contribution in [1.29, 1.82) is 0 Å². The highest BCUT2D eigenvalue weighted by molar-refractivity contribution is 9.10. The van der Waals surface area contributed by atoms with Crippen LogP contribution in [0.3, 0.4) is 0 Å². The first-order valence-corrected chi connectivity index (χ1v) is 10.7. The fourth-order valence-electron chi connectivity index (χ4n) is 3.34. The summed E-state index contributed by atoms with van der Waals surface area (Å²) in [6, 6.07) is 6.22. The molecule has 6 nitrogen and oxygen atoms in total. The number of benzene rings is 1. The van der Waals surface area contributed by atoms with Gasteiger partial charge in [0.2, 0.25) is 5.91 Å². The quantitative estimate of drug-likeness (QED) is 0.461. The number of hydrogen-bond acceptors (Lipinski definition) is 3. The Hall–Kier alpha value is -2.33. The van der Waals surface area contributed by atoms with Crippen molar-refractivity contribution in [3.63, 3.8) is 0 Å². The van der Waals surface area contributed by atoms with Gasteiger partial charge in [-0.1, -0.05) is 23.7 Å². The molecule has 1 aromatic carbocycles. The van der Waals surface area contributed by atoms with Crippen LogP contribution < -0.4 is 5.32 Å². The molecule has 1 saturated carbocycles. The molecular formula is C20H18BrClF3N5O. The zero-order valence-electron chi connectivity index (χ0n) is 16.3. The van der Waals surface area contributed by atoms with E-state index < -0.39 is 28.8 Å². The van der Waals surface area contributed by atoms with Crippen molar-refractivity contribution in [2.45, 2.75) is 44.4 Å². The van der Waals surface area contributed by atoms with Gasteiger partial charge in [0, 0.05) is 17.8 Å². The molecule has 1 amide bonds. The van der Waals surface area contributed by atoms with Crippen LogP contribution in [-0.2, 0) is 17.5 Å². The molecule has 2 aromatic heterocycles. The lowest BCUT2D eigenvalue weighted by Crippen LogP contribution is -2.26. The first kappa shape index (κ1) is 21.9. The maximum absolute atomic E-state index is 13.3. The topological polar surface area (TPSA) is 64.7 Å². The minimum atomic E-state index is -4.68. The second-order valence-corrected chi connectivity index (χ2v) is 8.78. The van der Waals surface area contributed by atoms with Crippen LogP contribution in [0.25, 0.3) is 0 Å². The summed E-state index contributed by atoms with van der Waals surface area (Å²) in [4.78, 5) is 12.8. The van der Waals surface area contributed by atoms with Gasteiger partial charge in [-0.25, -0.2) is 0 Å². The molecule has 1 aliphatic rings. The van der Waals surface area contributed by atoms with Gasteiger partial charge < -0.3 is 5.32 Å². The number of aromatic nitrogens is 4. The second kappa shape index (κ2) is 8.31. The molecule has 0 bridgehead atoms. The van der Waals surface area contributed by atoms with E-state index in [2.05, 4.69) is 31.4 Å². The summed E-state index contributed by atoms with van der Waals surface area (Å²) < 4.78 is 43.6. The Kier molecular flexibility index (Phi) is 5.87. The molecular weight excluding hydrogens is 499 g/mol. The van der Waals surface area contributed by atoms with Crippen molar-refractivity contribution in [1.82, 2.24) is 19.6 Å². The highest BCUT2D eigenvalue weighted by Crippen LogP contribution is 2.47. The fraction of sp³-hybridized carbons (Fsp3) is 0.350. The number of anilines is 1. The zero-order valence-corrected chi connectivity index (χ0v) is 18.7. The molecule has 1 N–H and O–H groups in total. The molecule has 0 aliphatic heterocycles. The SMILES string of the molecule is CC(C(=O)Nc1cccc(Cn2cc(Br)cn2)c1)n1nc(C(F)(F)F)c(Cl)c1C1CC1. The number of carbonyl (C=O) groups is 1. The smallest absolute Gasteiger partial charge is 0.324 e. The van der Waals surface area contributed by atoms with Crippen LogP contribution in [0.5, 0.6) is 0 Å². The van der Waals surface area contributed by atoms with E-state index in [1.165, 1.54) is 6.92 Å². The van der Waals surface area contributed by atoms with Gasteiger partial charge in [0.1, 0.15) is 6.04 Å². The van der Waals surface area contributed by atoms with Crippen LogP contribution in [-0.4, -0.2) is 25.5 Å². The zero-order chi connectivity index (χ0) is 22.3. The van der Waals surface area contributed by atoms with Crippen molar-refractivity contribution in [2.24, 2.45) is 0 Å². The summed E-state index contributed by atoms with van der Waals surface area (Å²) in [5, 5.41) is 10.2. The van der Waals surface area contributed by atoms with Gasteiger partial charge in [0.15, 0.2) is 5.69 Å². The molecule has 1 fully saturated rings. The molecule has 0 saturated heterocycles. The Bertz CT molecular complexity index is 1120. The molecule has 1 unspecified atom stereocenters. The summed E-state index contributed by atoms with van der Waals surface area (Å²) in [7, 11) is 0. The molecule has 31 heavy (non-hydrogen) atoms. The number of rotatable bonds is 6. The number of carbonyl (C=O) groups excluding carboxylic acids is 1. The summed E-state index contributed by atoms with van der Waals surface area (Å²) in [6.45, 7) is 2.01. The van der Waals surface area contributed by atoms with Gasteiger partial charge in [-0.05, 0) is 53.4 Å². The van der Waals surface area contributed by atoms with E-state index in [1.54, 1.807) is 29.1 Å². The molecule has 1 aliphatic carbocycles. The predicted molar refractivity (Wildman–Crippen MR) is 113 cm³/mol. The Morgan fingerprint density at radius 3 is 2.74 bits per heavy atom. The minimum absolute atomic E-state index is 0.108. The summed E-state index contributed by atoms with van der Waals surface area (Å²) in [5.41, 5.74) is 0.557. The third-order valence-electron chi connectivity index (χ3n) is 5.01. The van der Waals surface area contributed by atoms with Crippen LogP contribution >= 0.6 is 27.5 Å². The average molecular weight is 517 g/mol. The van der Waals surface area contributed by atoms with Crippen LogP contribution in [0.4, 0.5) is 18.9 Å². The first-order chi connectivity index (χ1) is 14.6. The van der Waals surface area contributed by atoms with E-state index in [-0.39, 0.29) is 11.6 Å². The highest BCUT2D eigenvalue weighted by atomic mass is 79.9. The van der Waals surface area contributed by atoms with Gasteiger partial charge >= 0.3 is 6.18 Å². The van der Waals surface area contributed by atoms with Crippen molar-refractivity contribution in [3.8, 4) is 0 Å². The lowest BCUT2D eigenvalue weighted by Gasteiger charge is -2.16. The molecule has 4 rings (SSSR count). The van der Waals surface area contributed by atoms with Crippen LogP contribution in [0, 0.1) is 0 Å². The predicted octanol–water partition coefficient (Wildman–Crippen LogP) is 5.64. The number of nitrogens with one attached hydrogen (secondary N) is 1. The monoisotopic (exact) mass is 515 g/mol. The summed E-state index contributed by atoms with van der Waals surface area (Å²) in [6.07, 6.45) is 0.269. The number of amides is 1. The average Bonchev–Trinajstić information content (AvgIpc) is 3.35. The van der Waals surface area contributed by atoms with Gasteiger partial charge in [0.25, 0.3) is 0 Å². The Balaban J connectivity index is 1.54. The Morgan fingerprint density at radius 1 is 1.39 bits per heavy atom. The molecule has 0 radical (unpaired) electrons. The second-order valence-electron chi connectivity index (χ2n) is 7.49. The van der Waals surface area contributed by atoms with E-state index in [0.29, 0.717) is 12.2 Å². The van der Waals surface area contributed by atoms with Gasteiger partial charge in [-0.2, -0.15) is 23.4 Å². The van der Waals surface area contributed by atoms with Crippen molar-refractivity contribution < 1.29 is 18.0 Å². The third-order valence-corrected chi connectivity index (χ3v) is 5.79. The van der Waals surface area contributed by atoms with Crippen molar-refractivity contribution in [3.05, 3.63) is 63.1 Å². The van der Waals surface area contributed by atoms with E-state index >= 15 is 0 Å². The summed E-state index contributed by atoms with van der Waals surface area (Å²) >= 11 is 9.35. The van der Waals surface area contributed by atoms with Gasteiger partial charge in [0.05, 0.1) is 27.9 Å². The lowest BCUT2D eigenvalue weighted by molar-refractivity contribution is -0.141. The van der Waals surface area contributed by atoms with Crippen LogP contribution in [0.2, 0.25) is 5.02 Å². The van der Waals surface area contributed by atoms with E-state index in [9.17, 15) is 18.0 Å². The van der Waals surface area contributed by atoms with Crippen LogP contribution in [0.1, 0.15) is 48.7 Å². The maximum Gasteiger partial charge on any atom is 0.436 e. The minimum Gasteiger partial charge on any atom is -0.324 e. The van der Waals surface area contributed by atoms with Crippen molar-refractivity contribution >= 4 is 39.1 Å². The molecule has 3 aromatic rings. The maximum atomic E-state index is 13.3. The number of alkyl halides is 3. The van der Waals surface area contributed by atoms with E-state index in [1.807, 2.05) is 12.3 Å². The molecule has 0 spiro atoms. The summed E-state index contributed by atoms with van der Waals surface area (Å²) in [5.74, 6) is -0.586. The largest absolute Gasteiger partial charge is 0.436 e. The van der Waals surface area contributed by atoms with E-state index in [0.717, 1.165) is 27.6 Å².